The molecule has 6 nitrogen and oxygen atoms in total. The number of methoxy groups -OCH3 is 1. The molecule has 0 saturated heterocycles. The van der Waals surface area contributed by atoms with Crippen LogP contribution < -0.4 is 4.74 Å². The van der Waals surface area contributed by atoms with Crippen LogP contribution in [-0.4, -0.2) is 19.2 Å². The summed E-state index contributed by atoms with van der Waals surface area (Å²) in [5.41, 5.74) is 4.42. The van der Waals surface area contributed by atoms with Crippen LogP contribution in [0.15, 0.2) is 103 Å². The third kappa shape index (κ3) is 6.73. The van der Waals surface area contributed by atoms with Gasteiger partial charge in [-0.1, -0.05) is 84.9 Å². The molecule has 0 atom stereocenters. The van der Waals surface area contributed by atoms with Crippen molar-refractivity contribution in [3.63, 3.8) is 0 Å². The maximum atomic E-state index is 12.8. The van der Waals surface area contributed by atoms with Crippen LogP contribution in [-0.2, 0) is 34.0 Å². The topological polar surface area (TPSA) is 71.1 Å². The predicted octanol–water partition coefficient (Wildman–Crippen LogP) is 6.57. The summed E-state index contributed by atoms with van der Waals surface area (Å²) in [4.78, 5) is 24.9. The Morgan fingerprint density at radius 1 is 0.639 bits per heavy atom. The van der Waals surface area contributed by atoms with Crippen LogP contribution in [0.2, 0.25) is 0 Å². The molecule has 0 fully saturated rings. The zero-order valence-electron chi connectivity index (χ0n) is 19.9. The number of carbonyl (C=O) groups is 2. The van der Waals surface area contributed by atoms with Crippen molar-refractivity contribution in [2.75, 3.05) is 7.11 Å². The smallest absolute Gasteiger partial charge is 0.497 e. The van der Waals surface area contributed by atoms with Crippen molar-refractivity contribution >= 4 is 12.1 Å². The molecule has 0 spiro atoms. The van der Waals surface area contributed by atoms with Crippen LogP contribution in [0, 0.1) is 0 Å². The van der Waals surface area contributed by atoms with Gasteiger partial charge in [-0.2, -0.15) is 0 Å². The Labute approximate surface area is 210 Å². The van der Waals surface area contributed by atoms with Gasteiger partial charge in [-0.05, 0) is 46.0 Å². The van der Waals surface area contributed by atoms with E-state index in [0.717, 1.165) is 27.8 Å². The van der Waals surface area contributed by atoms with Crippen molar-refractivity contribution in [1.82, 2.24) is 0 Å². The number of rotatable bonds is 9. The lowest BCUT2D eigenvalue weighted by Crippen LogP contribution is -2.08. The van der Waals surface area contributed by atoms with Gasteiger partial charge >= 0.3 is 12.1 Å². The van der Waals surface area contributed by atoms with Crippen molar-refractivity contribution in [2.24, 2.45) is 0 Å². The van der Waals surface area contributed by atoms with Crippen LogP contribution in [0.3, 0.4) is 0 Å². The average Bonchev–Trinajstić information content (AvgIpc) is 2.94. The van der Waals surface area contributed by atoms with Gasteiger partial charge < -0.3 is 18.9 Å². The van der Waals surface area contributed by atoms with Crippen LogP contribution in [0.1, 0.15) is 27.0 Å². The zero-order chi connectivity index (χ0) is 25.2. The van der Waals surface area contributed by atoms with Crippen LogP contribution in [0.5, 0.6) is 5.75 Å². The highest BCUT2D eigenvalue weighted by Gasteiger charge is 2.15. The molecule has 4 rings (SSSR count). The molecule has 0 bridgehead atoms. The summed E-state index contributed by atoms with van der Waals surface area (Å²) in [6.45, 7) is 0.308. The SMILES string of the molecule is COc1cc(C(=O)OCc2ccccc2)cc(-c2ccccc2COC(=O)OCc2ccccc2)c1. The number of esters is 1. The van der Waals surface area contributed by atoms with Crippen molar-refractivity contribution in [3.05, 3.63) is 125 Å². The Hall–Kier alpha value is -4.58. The summed E-state index contributed by atoms with van der Waals surface area (Å²) >= 11 is 0. The fourth-order valence-corrected chi connectivity index (χ4v) is 3.62. The first kappa shape index (κ1) is 24.5. The first-order valence-corrected chi connectivity index (χ1v) is 11.4. The van der Waals surface area contributed by atoms with Crippen LogP contribution in [0.4, 0.5) is 4.79 Å². The zero-order valence-corrected chi connectivity index (χ0v) is 19.9. The van der Waals surface area contributed by atoms with Gasteiger partial charge in [-0.15, -0.1) is 0 Å². The fraction of sp³-hybridized carbons (Fsp3) is 0.133. The average molecular weight is 483 g/mol. The molecule has 0 amide bonds. The molecule has 182 valence electrons. The Kier molecular flexibility index (Phi) is 8.33. The molecule has 0 aliphatic heterocycles. The van der Waals surface area contributed by atoms with Gasteiger partial charge in [-0.25, -0.2) is 9.59 Å². The summed E-state index contributed by atoms with van der Waals surface area (Å²) < 4.78 is 21.5. The maximum Gasteiger partial charge on any atom is 0.508 e. The molecule has 0 heterocycles. The quantitative estimate of drug-likeness (QED) is 0.251. The third-order valence-electron chi connectivity index (χ3n) is 5.46. The van der Waals surface area contributed by atoms with Crippen molar-refractivity contribution in [3.8, 4) is 16.9 Å². The highest BCUT2D eigenvalue weighted by Crippen LogP contribution is 2.30. The normalized spacial score (nSPS) is 10.4. The molecule has 4 aromatic rings. The molecular formula is C30H26O6. The van der Waals surface area contributed by atoms with E-state index in [1.807, 2.05) is 91.0 Å². The highest BCUT2D eigenvalue weighted by molar-refractivity contribution is 5.92. The standard InChI is InChI=1S/C30H26O6/c1-33-27-17-25(16-26(18-27)29(31)34-19-22-10-4-2-5-11-22)28-15-9-8-14-24(28)21-36-30(32)35-20-23-12-6-3-7-13-23/h2-18H,19-21H2,1H3. The number of ether oxygens (including phenoxy) is 4. The predicted molar refractivity (Wildman–Crippen MR) is 135 cm³/mol. The minimum atomic E-state index is -0.760. The summed E-state index contributed by atoms with van der Waals surface area (Å²) in [6, 6.07) is 31.5. The van der Waals surface area contributed by atoms with Gasteiger partial charge in [0.15, 0.2) is 0 Å². The molecule has 0 aliphatic carbocycles. The third-order valence-corrected chi connectivity index (χ3v) is 5.46. The molecule has 36 heavy (non-hydrogen) atoms. The molecule has 0 radical (unpaired) electrons. The first-order chi connectivity index (χ1) is 17.6. The van der Waals surface area contributed by atoms with E-state index >= 15 is 0 Å². The van der Waals surface area contributed by atoms with Gasteiger partial charge in [0.25, 0.3) is 0 Å². The lowest BCUT2D eigenvalue weighted by molar-refractivity contribution is 0.0445. The van der Waals surface area contributed by atoms with Crippen molar-refractivity contribution in [2.45, 2.75) is 19.8 Å². The van der Waals surface area contributed by atoms with E-state index in [1.165, 1.54) is 7.11 Å². The van der Waals surface area contributed by atoms with Gasteiger partial charge in [0.2, 0.25) is 0 Å². The number of carbonyl (C=O) groups excluding carboxylic acids is 2. The van der Waals surface area contributed by atoms with E-state index in [0.29, 0.717) is 11.3 Å². The molecule has 0 unspecified atom stereocenters. The molecule has 4 aromatic carbocycles. The molecule has 0 aromatic heterocycles. The largest absolute Gasteiger partial charge is 0.508 e. The second-order valence-electron chi connectivity index (χ2n) is 7.98. The van der Waals surface area contributed by atoms with E-state index in [9.17, 15) is 9.59 Å². The Morgan fingerprint density at radius 3 is 1.89 bits per heavy atom. The second kappa shape index (κ2) is 12.2. The van der Waals surface area contributed by atoms with Crippen LogP contribution >= 0.6 is 0 Å². The molecule has 6 heteroatoms. The molecule has 0 N–H and O–H groups in total. The monoisotopic (exact) mass is 482 g/mol. The van der Waals surface area contributed by atoms with E-state index in [4.69, 9.17) is 18.9 Å². The number of hydrogen-bond acceptors (Lipinski definition) is 6. The number of benzene rings is 4. The van der Waals surface area contributed by atoms with Gasteiger partial charge in [-0.3, -0.25) is 0 Å². The summed E-state index contributed by atoms with van der Waals surface area (Å²) in [5, 5.41) is 0. The Bertz CT molecular complexity index is 1300. The second-order valence-corrected chi connectivity index (χ2v) is 7.98. The van der Waals surface area contributed by atoms with Gasteiger partial charge in [0.1, 0.15) is 25.6 Å². The molecular weight excluding hydrogens is 456 g/mol. The summed E-state index contributed by atoms with van der Waals surface area (Å²) in [6.07, 6.45) is -0.760. The van der Waals surface area contributed by atoms with Crippen molar-refractivity contribution < 1.29 is 28.5 Å². The lowest BCUT2D eigenvalue weighted by Gasteiger charge is -2.13. The summed E-state index contributed by atoms with van der Waals surface area (Å²) in [5.74, 6) is 0.0503. The van der Waals surface area contributed by atoms with Crippen LogP contribution in [0.25, 0.3) is 11.1 Å². The molecule has 0 saturated carbocycles. The van der Waals surface area contributed by atoms with E-state index in [2.05, 4.69) is 0 Å². The van der Waals surface area contributed by atoms with Gasteiger partial charge in [0, 0.05) is 0 Å². The van der Waals surface area contributed by atoms with Crippen molar-refractivity contribution in [1.29, 1.82) is 0 Å². The summed E-state index contributed by atoms with van der Waals surface area (Å²) in [7, 11) is 1.54. The Morgan fingerprint density at radius 2 is 1.22 bits per heavy atom. The lowest BCUT2D eigenvalue weighted by atomic mass is 9.98. The Balaban J connectivity index is 1.46. The van der Waals surface area contributed by atoms with E-state index in [-0.39, 0.29) is 19.8 Å². The van der Waals surface area contributed by atoms with E-state index < -0.39 is 12.1 Å². The number of hydrogen-bond donors (Lipinski definition) is 0. The maximum absolute atomic E-state index is 12.8. The first-order valence-electron chi connectivity index (χ1n) is 11.4. The van der Waals surface area contributed by atoms with Gasteiger partial charge in [0.05, 0.1) is 12.7 Å². The minimum Gasteiger partial charge on any atom is -0.497 e. The minimum absolute atomic E-state index is 0.00872. The fourth-order valence-electron chi connectivity index (χ4n) is 3.62. The molecule has 0 aliphatic rings. The van der Waals surface area contributed by atoms with E-state index in [1.54, 1.807) is 12.1 Å². The highest BCUT2D eigenvalue weighted by atomic mass is 16.7.